The van der Waals surface area contributed by atoms with Gasteiger partial charge in [-0.15, -0.1) is 0 Å². The number of amides is 2. The molecule has 1 rings (SSSR count). The quantitative estimate of drug-likeness (QED) is 0.291. The third-order valence-corrected chi connectivity index (χ3v) is 1.78. The predicted octanol–water partition coefficient (Wildman–Crippen LogP) is -1.31. The van der Waals surface area contributed by atoms with Gasteiger partial charge < -0.3 is 9.64 Å². The van der Waals surface area contributed by atoms with Gasteiger partial charge in [0.05, 0.1) is 13.2 Å². The second kappa shape index (κ2) is 4.20. The number of likely N-dealkylation sites (N-methyl/N-ethyl adjacent to an activating group) is 1. The van der Waals surface area contributed by atoms with Crippen molar-refractivity contribution < 1.29 is 19.5 Å². The number of ether oxygens (including phenoxy) is 1. The molecule has 0 radical (unpaired) electrons. The number of rotatable bonds is 0. The number of carbonyl (C=O) groups is 2. The third kappa shape index (κ3) is 2.40. The Bertz CT molecular complexity index is 211. The Hall–Kier alpha value is -1.14. The molecule has 1 heterocycles. The molecule has 0 unspecified atom stereocenters. The van der Waals surface area contributed by atoms with E-state index in [2.05, 4.69) is 0 Å². The summed E-state index contributed by atoms with van der Waals surface area (Å²) in [6.07, 6.45) is 0. The maximum Gasteiger partial charge on any atom is 0.335 e. The van der Waals surface area contributed by atoms with Crippen molar-refractivity contribution in [1.82, 2.24) is 9.96 Å². The molecule has 0 aliphatic carbocycles. The minimum Gasteiger partial charge on any atom is -0.378 e. The van der Waals surface area contributed by atoms with Gasteiger partial charge in [0.2, 0.25) is 0 Å². The Balaban J connectivity index is 2.50. The summed E-state index contributed by atoms with van der Waals surface area (Å²) in [6.45, 7) is 1.68. The summed E-state index contributed by atoms with van der Waals surface area (Å²) >= 11 is 0. The van der Waals surface area contributed by atoms with Crippen LogP contribution in [0.4, 0.5) is 0 Å². The van der Waals surface area contributed by atoms with Crippen LogP contribution in [-0.2, 0) is 14.3 Å². The Labute approximate surface area is 75.6 Å². The van der Waals surface area contributed by atoms with Crippen molar-refractivity contribution in [3.05, 3.63) is 0 Å². The minimum absolute atomic E-state index is 0.289. The molecule has 0 atom stereocenters. The van der Waals surface area contributed by atoms with E-state index >= 15 is 0 Å². The van der Waals surface area contributed by atoms with Gasteiger partial charge in [-0.05, 0) is 0 Å². The lowest BCUT2D eigenvalue weighted by molar-refractivity contribution is -0.171. The molecule has 1 saturated heterocycles. The van der Waals surface area contributed by atoms with Gasteiger partial charge in [0.1, 0.15) is 0 Å². The van der Waals surface area contributed by atoms with Crippen molar-refractivity contribution in [2.45, 2.75) is 0 Å². The van der Waals surface area contributed by atoms with Crippen molar-refractivity contribution in [3.63, 3.8) is 0 Å². The fraction of sp³-hybridized carbons (Fsp3) is 0.714. The van der Waals surface area contributed by atoms with Gasteiger partial charge in [0, 0.05) is 20.1 Å². The van der Waals surface area contributed by atoms with Gasteiger partial charge in [-0.2, -0.15) is 0 Å². The number of hydrogen-bond acceptors (Lipinski definition) is 4. The predicted molar refractivity (Wildman–Crippen MR) is 42.0 cm³/mol. The Morgan fingerprint density at radius 2 is 1.92 bits per heavy atom. The minimum atomic E-state index is -0.915. The Kier molecular flexibility index (Phi) is 3.21. The van der Waals surface area contributed by atoms with Crippen molar-refractivity contribution in [2.24, 2.45) is 0 Å². The second-order valence-corrected chi connectivity index (χ2v) is 2.73. The number of nitrogens with zero attached hydrogens (tertiary/aromatic N) is 2. The van der Waals surface area contributed by atoms with E-state index in [-0.39, 0.29) is 5.06 Å². The average molecular weight is 188 g/mol. The molecule has 0 spiro atoms. The summed E-state index contributed by atoms with van der Waals surface area (Å²) in [4.78, 5) is 23.6. The molecule has 74 valence electrons. The summed E-state index contributed by atoms with van der Waals surface area (Å²) in [6, 6.07) is 0. The monoisotopic (exact) mass is 188 g/mol. The molecule has 0 aromatic rings. The molecule has 2 amide bonds. The van der Waals surface area contributed by atoms with Crippen LogP contribution in [0.25, 0.3) is 0 Å². The standard InChI is InChI=1S/C7H12N2O4/c1-8(12)6(10)7(11)9-2-4-13-5-3-9/h12H,2-5H2,1H3. The fourth-order valence-electron chi connectivity index (χ4n) is 1.04. The highest BCUT2D eigenvalue weighted by atomic mass is 16.5. The second-order valence-electron chi connectivity index (χ2n) is 2.73. The summed E-state index contributed by atoms with van der Waals surface area (Å²) in [5.41, 5.74) is 0. The van der Waals surface area contributed by atoms with Crippen LogP contribution in [0.2, 0.25) is 0 Å². The van der Waals surface area contributed by atoms with Crippen molar-refractivity contribution >= 4 is 11.8 Å². The molecular formula is C7H12N2O4. The van der Waals surface area contributed by atoms with Crippen molar-refractivity contribution in [3.8, 4) is 0 Å². The molecule has 1 N–H and O–H groups in total. The first-order chi connectivity index (χ1) is 6.13. The van der Waals surface area contributed by atoms with Crippen LogP contribution in [-0.4, -0.2) is 60.3 Å². The van der Waals surface area contributed by atoms with Gasteiger partial charge in [-0.1, -0.05) is 0 Å². The summed E-state index contributed by atoms with van der Waals surface area (Å²) in [7, 11) is 1.13. The molecule has 1 fully saturated rings. The molecule has 1 aliphatic rings. The zero-order valence-corrected chi connectivity index (χ0v) is 7.39. The summed E-state index contributed by atoms with van der Waals surface area (Å²) in [5.74, 6) is -1.60. The van der Waals surface area contributed by atoms with E-state index in [0.717, 1.165) is 7.05 Å². The largest absolute Gasteiger partial charge is 0.378 e. The first-order valence-corrected chi connectivity index (χ1v) is 3.96. The fourth-order valence-corrected chi connectivity index (χ4v) is 1.04. The van der Waals surface area contributed by atoms with E-state index in [1.54, 1.807) is 0 Å². The van der Waals surface area contributed by atoms with Crippen molar-refractivity contribution in [1.29, 1.82) is 0 Å². The maximum absolute atomic E-state index is 11.3. The number of hydroxylamine groups is 2. The van der Waals surface area contributed by atoms with Crippen LogP contribution in [0, 0.1) is 0 Å². The van der Waals surface area contributed by atoms with Crippen LogP contribution < -0.4 is 0 Å². The van der Waals surface area contributed by atoms with E-state index in [1.807, 2.05) is 0 Å². The molecule has 6 nitrogen and oxygen atoms in total. The SMILES string of the molecule is CN(O)C(=O)C(=O)N1CCOCC1. The highest BCUT2D eigenvalue weighted by molar-refractivity contribution is 6.34. The van der Waals surface area contributed by atoms with Gasteiger partial charge in [0.25, 0.3) is 0 Å². The molecule has 0 aromatic heterocycles. The molecule has 13 heavy (non-hydrogen) atoms. The maximum atomic E-state index is 11.3. The van der Waals surface area contributed by atoms with Gasteiger partial charge >= 0.3 is 11.8 Å². The van der Waals surface area contributed by atoms with Gasteiger partial charge in [0.15, 0.2) is 0 Å². The normalized spacial score (nSPS) is 16.9. The van der Waals surface area contributed by atoms with Gasteiger partial charge in [-0.25, -0.2) is 5.06 Å². The molecular weight excluding hydrogens is 176 g/mol. The highest BCUT2D eigenvalue weighted by Gasteiger charge is 2.25. The summed E-state index contributed by atoms with van der Waals surface area (Å²) < 4.78 is 5.01. The van der Waals surface area contributed by atoms with Crippen LogP contribution >= 0.6 is 0 Å². The zero-order valence-electron chi connectivity index (χ0n) is 7.39. The van der Waals surface area contributed by atoms with Crippen LogP contribution in [0.15, 0.2) is 0 Å². The van der Waals surface area contributed by atoms with E-state index in [9.17, 15) is 9.59 Å². The summed E-state index contributed by atoms with van der Waals surface area (Å²) in [5, 5.41) is 9.02. The van der Waals surface area contributed by atoms with E-state index < -0.39 is 11.8 Å². The number of carbonyl (C=O) groups excluding carboxylic acids is 2. The smallest absolute Gasteiger partial charge is 0.335 e. The van der Waals surface area contributed by atoms with Crippen LogP contribution in [0.3, 0.4) is 0 Å². The molecule has 6 heteroatoms. The Morgan fingerprint density at radius 3 is 2.38 bits per heavy atom. The van der Waals surface area contributed by atoms with E-state index in [0.29, 0.717) is 26.3 Å². The molecule has 0 aromatic carbocycles. The lowest BCUT2D eigenvalue weighted by Gasteiger charge is -2.26. The lowest BCUT2D eigenvalue weighted by atomic mass is 10.4. The highest BCUT2D eigenvalue weighted by Crippen LogP contribution is 1.98. The number of morpholine rings is 1. The first-order valence-electron chi connectivity index (χ1n) is 3.96. The number of hydrogen-bond donors (Lipinski definition) is 1. The topological polar surface area (TPSA) is 70.1 Å². The zero-order chi connectivity index (χ0) is 9.84. The lowest BCUT2D eigenvalue weighted by Crippen LogP contribution is -2.47. The van der Waals surface area contributed by atoms with Crippen LogP contribution in [0.1, 0.15) is 0 Å². The van der Waals surface area contributed by atoms with E-state index in [1.165, 1.54) is 4.90 Å². The van der Waals surface area contributed by atoms with Crippen LogP contribution in [0.5, 0.6) is 0 Å². The first kappa shape index (κ1) is 9.94. The van der Waals surface area contributed by atoms with Gasteiger partial charge in [-0.3, -0.25) is 14.8 Å². The van der Waals surface area contributed by atoms with Crippen molar-refractivity contribution in [2.75, 3.05) is 33.4 Å². The molecule has 1 aliphatic heterocycles. The Morgan fingerprint density at radius 1 is 1.38 bits per heavy atom. The molecule has 0 saturated carbocycles. The van der Waals surface area contributed by atoms with E-state index in [4.69, 9.17) is 9.94 Å². The third-order valence-electron chi connectivity index (χ3n) is 1.78. The molecule has 0 bridgehead atoms. The average Bonchev–Trinajstić information content (AvgIpc) is 2.17.